The Bertz CT molecular complexity index is 496. The van der Waals surface area contributed by atoms with Crippen LogP contribution in [0.25, 0.3) is 0 Å². The summed E-state index contributed by atoms with van der Waals surface area (Å²) < 4.78 is 0. The molecule has 1 aromatic rings. The highest BCUT2D eigenvalue weighted by atomic mass is 16.3. The minimum atomic E-state index is -0.315. The van der Waals surface area contributed by atoms with Crippen LogP contribution in [0.3, 0.4) is 0 Å². The van der Waals surface area contributed by atoms with E-state index < -0.39 is 0 Å². The average Bonchev–Trinajstić information content (AvgIpc) is 2.46. The Morgan fingerprint density at radius 2 is 1.05 bits per heavy atom. The van der Waals surface area contributed by atoms with Gasteiger partial charge >= 0.3 is 0 Å². The SMILES string of the molecule is CC(C)(CN)c1cc(C(C)(C)CN)c(O)c(C(C)(C)CN)c1. The summed E-state index contributed by atoms with van der Waals surface area (Å²) in [6, 6.07) is 4.09. The van der Waals surface area contributed by atoms with Crippen LogP contribution in [0, 0.1) is 0 Å². The summed E-state index contributed by atoms with van der Waals surface area (Å²) in [5.41, 5.74) is 19.8. The molecule has 0 radical (unpaired) electrons. The van der Waals surface area contributed by atoms with Crippen LogP contribution in [0.2, 0.25) is 0 Å². The van der Waals surface area contributed by atoms with Crippen molar-refractivity contribution in [3.05, 3.63) is 28.8 Å². The molecule has 0 saturated heterocycles. The second-order valence-corrected chi connectivity index (χ2v) is 8.18. The molecule has 0 bridgehead atoms. The average molecular weight is 307 g/mol. The fourth-order valence-electron chi connectivity index (χ4n) is 2.39. The molecule has 0 unspecified atom stereocenters. The first-order valence-electron chi connectivity index (χ1n) is 7.91. The Balaban J connectivity index is 3.73. The van der Waals surface area contributed by atoms with Gasteiger partial charge in [-0.2, -0.15) is 0 Å². The van der Waals surface area contributed by atoms with Crippen molar-refractivity contribution < 1.29 is 5.11 Å². The quantitative estimate of drug-likeness (QED) is 0.647. The standard InChI is InChI=1S/C18H33N3O/c1-16(2,9-19)12-7-13(17(3,4)10-20)15(22)14(8-12)18(5,6)11-21/h7-8,22H,9-11,19-21H2,1-6H3. The number of rotatable bonds is 6. The number of aromatic hydroxyl groups is 1. The summed E-state index contributed by atoms with van der Waals surface area (Å²) in [7, 11) is 0. The normalized spacial score (nSPS) is 13.5. The summed E-state index contributed by atoms with van der Waals surface area (Å²) in [5.74, 6) is 0.308. The monoisotopic (exact) mass is 307 g/mol. The Morgan fingerprint density at radius 1 is 0.727 bits per heavy atom. The van der Waals surface area contributed by atoms with Crippen LogP contribution >= 0.6 is 0 Å². The zero-order valence-electron chi connectivity index (χ0n) is 15.0. The summed E-state index contributed by atoms with van der Waals surface area (Å²) in [6.45, 7) is 13.8. The Labute approximate surface area is 135 Å². The Kier molecular flexibility index (Phi) is 5.33. The number of nitrogens with two attached hydrogens (primary N) is 3. The van der Waals surface area contributed by atoms with Crippen molar-refractivity contribution in [2.75, 3.05) is 19.6 Å². The van der Waals surface area contributed by atoms with Crippen molar-refractivity contribution in [2.45, 2.75) is 57.8 Å². The smallest absolute Gasteiger partial charge is 0.123 e. The molecule has 0 aromatic heterocycles. The third-order valence-corrected chi connectivity index (χ3v) is 4.88. The van der Waals surface area contributed by atoms with Crippen molar-refractivity contribution >= 4 is 0 Å². The lowest BCUT2D eigenvalue weighted by Gasteiger charge is -2.34. The second-order valence-electron chi connectivity index (χ2n) is 8.18. The van der Waals surface area contributed by atoms with Gasteiger partial charge in [0.2, 0.25) is 0 Å². The van der Waals surface area contributed by atoms with Gasteiger partial charge in [-0.3, -0.25) is 0 Å². The first-order chi connectivity index (χ1) is 9.93. The predicted molar refractivity (Wildman–Crippen MR) is 94.3 cm³/mol. The first-order valence-corrected chi connectivity index (χ1v) is 7.91. The Hall–Kier alpha value is -1.10. The van der Waals surface area contributed by atoms with Crippen molar-refractivity contribution in [1.29, 1.82) is 0 Å². The van der Waals surface area contributed by atoms with Crippen molar-refractivity contribution in [3.63, 3.8) is 0 Å². The number of hydrogen-bond acceptors (Lipinski definition) is 4. The highest BCUT2D eigenvalue weighted by Gasteiger charge is 2.32. The van der Waals surface area contributed by atoms with Crippen LogP contribution in [0.4, 0.5) is 0 Å². The molecule has 1 rings (SSSR count). The lowest BCUT2D eigenvalue weighted by Crippen LogP contribution is -2.34. The molecule has 4 nitrogen and oxygen atoms in total. The van der Waals surface area contributed by atoms with E-state index in [0.717, 1.165) is 16.7 Å². The van der Waals surface area contributed by atoms with Gasteiger partial charge in [0, 0.05) is 47.0 Å². The van der Waals surface area contributed by atoms with Gasteiger partial charge in [0.1, 0.15) is 5.75 Å². The zero-order chi connectivity index (χ0) is 17.3. The van der Waals surface area contributed by atoms with E-state index in [4.69, 9.17) is 17.2 Å². The van der Waals surface area contributed by atoms with Gasteiger partial charge in [-0.05, 0) is 5.56 Å². The van der Waals surface area contributed by atoms with Crippen LogP contribution in [0.5, 0.6) is 5.75 Å². The maximum absolute atomic E-state index is 10.8. The molecule has 0 amide bonds. The number of hydrogen-bond donors (Lipinski definition) is 4. The zero-order valence-corrected chi connectivity index (χ0v) is 15.0. The topological polar surface area (TPSA) is 98.3 Å². The van der Waals surface area contributed by atoms with Gasteiger partial charge in [-0.25, -0.2) is 0 Å². The van der Waals surface area contributed by atoms with Crippen LogP contribution < -0.4 is 17.2 Å². The molecule has 0 aliphatic carbocycles. The van der Waals surface area contributed by atoms with E-state index in [9.17, 15) is 5.11 Å². The number of phenolic OH excluding ortho intramolecular Hbond substituents is 1. The largest absolute Gasteiger partial charge is 0.507 e. The molecular formula is C18H33N3O. The highest BCUT2D eigenvalue weighted by Crippen LogP contribution is 2.41. The molecule has 4 heteroatoms. The van der Waals surface area contributed by atoms with E-state index in [0.29, 0.717) is 25.4 Å². The Morgan fingerprint density at radius 3 is 1.32 bits per heavy atom. The third kappa shape index (κ3) is 3.45. The second kappa shape index (κ2) is 6.19. The van der Waals surface area contributed by atoms with E-state index in [-0.39, 0.29) is 16.2 Å². The van der Waals surface area contributed by atoms with E-state index in [2.05, 4.69) is 13.8 Å². The van der Waals surface area contributed by atoms with E-state index in [1.54, 1.807) is 0 Å². The molecule has 0 aliphatic rings. The molecule has 22 heavy (non-hydrogen) atoms. The number of benzene rings is 1. The van der Waals surface area contributed by atoms with E-state index in [1.165, 1.54) is 0 Å². The molecule has 0 heterocycles. The van der Waals surface area contributed by atoms with E-state index >= 15 is 0 Å². The third-order valence-electron chi connectivity index (χ3n) is 4.88. The first kappa shape index (κ1) is 18.9. The van der Waals surface area contributed by atoms with Crippen molar-refractivity contribution in [1.82, 2.24) is 0 Å². The molecule has 0 spiro atoms. The molecule has 0 saturated carbocycles. The molecule has 1 aromatic carbocycles. The molecule has 126 valence electrons. The summed E-state index contributed by atoms with van der Waals surface area (Å²) >= 11 is 0. The predicted octanol–water partition coefficient (Wildman–Crippen LogP) is 2.10. The molecule has 0 aliphatic heterocycles. The van der Waals surface area contributed by atoms with Gasteiger partial charge in [0.05, 0.1) is 0 Å². The lowest BCUT2D eigenvalue weighted by molar-refractivity contribution is 0.408. The minimum Gasteiger partial charge on any atom is -0.507 e. The number of phenols is 1. The summed E-state index contributed by atoms with van der Waals surface area (Å²) in [4.78, 5) is 0. The van der Waals surface area contributed by atoms with E-state index in [1.807, 2.05) is 39.8 Å². The molecule has 0 atom stereocenters. The van der Waals surface area contributed by atoms with Gasteiger partial charge in [-0.15, -0.1) is 0 Å². The van der Waals surface area contributed by atoms with Crippen LogP contribution in [-0.4, -0.2) is 24.7 Å². The summed E-state index contributed by atoms with van der Waals surface area (Å²) in [5, 5.41) is 10.8. The molecule has 7 N–H and O–H groups in total. The lowest BCUT2D eigenvalue weighted by atomic mass is 9.73. The minimum absolute atomic E-state index is 0.174. The van der Waals surface area contributed by atoms with Gasteiger partial charge in [0.25, 0.3) is 0 Å². The van der Waals surface area contributed by atoms with Gasteiger partial charge in [0.15, 0.2) is 0 Å². The van der Waals surface area contributed by atoms with Gasteiger partial charge < -0.3 is 22.3 Å². The van der Waals surface area contributed by atoms with Crippen LogP contribution in [0.1, 0.15) is 58.2 Å². The van der Waals surface area contributed by atoms with Crippen molar-refractivity contribution in [2.24, 2.45) is 17.2 Å². The highest BCUT2D eigenvalue weighted by molar-refractivity contribution is 5.52. The maximum Gasteiger partial charge on any atom is 0.123 e. The van der Waals surface area contributed by atoms with Crippen LogP contribution in [-0.2, 0) is 16.2 Å². The molecule has 0 fully saturated rings. The van der Waals surface area contributed by atoms with Crippen molar-refractivity contribution in [3.8, 4) is 5.75 Å². The molecular weight excluding hydrogens is 274 g/mol. The van der Waals surface area contributed by atoms with Gasteiger partial charge in [-0.1, -0.05) is 53.7 Å². The maximum atomic E-state index is 10.8. The fourth-order valence-corrected chi connectivity index (χ4v) is 2.39. The van der Waals surface area contributed by atoms with Crippen LogP contribution in [0.15, 0.2) is 12.1 Å². The fraction of sp³-hybridized carbons (Fsp3) is 0.667. The summed E-state index contributed by atoms with van der Waals surface area (Å²) in [6.07, 6.45) is 0.